The van der Waals surface area contributed by atoms with E-state index < -0.39 is 0 Å². The van der Waals surface area contributed by atoms with Gasteiger partial charge in [0.2, 0.25) is 0 Å². The van der Waals surface area contributed by atoms with Crippen LogP contribution in [0.15, 0.2) is 65.1 Å². The lowest BCUT2D eigenvalue weighted by molar-refractivity contribution is 0.0593. The molecular formula is C29H31ClN4O3. The summed E-state index contributed by atoms with van der Waals surface area (Å²) in [6.07, 6.45) is 0. The summed E-state index contributed by atoms with van der Waals surface area (Å²) in [5, 5.41) is 5.44. The highest BCUT2D eigenvalue weighted by Gasteiger charge is 2.26. The summed E-state index contributed by atoms with van der Waals surface area (Å²) in [5.74, 6) is 1.61. The number of aromatic nitrogens is 2. The quantitative estimate of drug-likeness (QED) is 0.319. The highest BCUT2D eigenvalue weighted by Crippen LogP contribution is 2.24. The molecule has 2 aromatic carbocycles. The van der Waals surface area contributed by atoms with Crippen LogP contribution in [-0.2, 0) is 13.2 Å². The average molecular weight is 519 g/mol. The molecule has 8 heteroatoms. The van der Waals surface area contributed by atoms with Crippen LogP contribution in [0.1, 0.15) is 38.8 Å². The summed E-state index contributed by atoms with van der Waals surface area (Å²) >= 11 is 6.01. The van der Waals surface area contributed by atoms with Crippen LogP contribution in [0.2, 0.25) is 5.02 Å². The number of nitrogens with zero attached hydrogens (tertiary/aromatic N) is 4. The van der Waals surface area contributed by atoms with Crippen molar-refractivity contribution >= 4 is 17.5 Å². The zero-order valence-electron chi connectivity index (χ0n) is 21.4. The molecule has 2 aromatic heterocycles. The topological polar surface area (TPSA) is 63.7 Å². The molecule has 192 valence electrons. The Labute approximate surface area is 222 Å². The number of benzene rings is 2. The van der Waals surface area contributed by atoms with Crippen LogP contribution >= 0.6 is 11.6 Å². The van der Waals surface area contributed by atoms with Gasteiger partial charge in [0, 0.05) is 49.0 Å². The lowest BCUT2D eigenvalue weighted by Gasteiger charge is -2.34. The van der Waals surface area contributed by atoms with Crippen LogP contribution in [0.5, 0.6) is 5.75 Å². The van der Waals surface area contributed by atoms with Crippen LogP contribution in [-0.4, -0.2) is 51.7 Å². The molecule has 1 fully saturated rings. The van der Waals surface area contributed by atoms with Gasteiger partial charge >= 0.3 is 0 Å². The number of para-hydroxylation sites is 1. The van der Waals surface area contributed by atoms with Crippen LogP contribution in [0, 0.1) is 20.8 Å². The van der Waals surface area contributed by atoms with Gasteiger partial charge in [0.05, 0.1) is 11.4 Å². The molecule has 1 aliphatic heterocycles. The van der Waals surface area contributed by atoms with Gasteiger partial charge in [-0.05, 0) is 68.8 Å². The van der Waals surface area contributed by atoms with E-state index in [1.807, 2.05) is 46.8 Å². The second kappa shape index (κ2) is 10.8. The van der Waals surface area contributed by atoms with Gasteiger partial charge in [-0.3, -0.25) is 9.69 Å². The Morgan fingerprint density at radius 1 is 1.00 bits per heavy atom. The van der Waals surface area contributed by atoms with E-state index in [2.05, 4.69) is 30.9 Å². The predicted octanol–water partition coefficient (Wildman–Crippen LogP) is 5.58. The van der Waals surface area contributed by atoms with Crippen LogP contribution in [0.25, 0.3) is 5.69 Å². The SMILES string of the molecule is Cc1cc(Cl)ccc1OCc1ccc(C(=O)N2CCN(Cc3c(C)nn(-c4ccccc4)c3C)CC2)o1. The zero-order valence-corrected chi connectivity index (χ0v) is 22.2. The third-order valence-electron chi connectivity index (χ3n) is 6.86. The molecule has 4 aromatic rings. The maximum atomic E-state index is 13.1. The summed E-state index contributed by atoms with van der Waals surface area (Å²) in [7, 11) is 0. The van der Waals surface area contributed by atoms with Crippen molar-refractivity contribution in [3.63, 3.8) is 0 Å². The summed E-state index contributed by atoms with van der Waals surface area (Å²) in [6, 6.07) is 19.2. The maximum absolute atomic E-state index is 13.1. The third-order valence-corrected chi connectivity index (χ3v) is 7.10. The number of furan rings is 1. The van der Waals surface area contributed by atoms with Gasteiger partial charge in [0.1, 0.15) is 18.1 Å². The first-order chi connectivity index (χ1) is 17.9. The van der Waals surface area contributed by atoms with Crippen molar-refractivity contribution in [3.8, 4) is 11.4 Å². The lowest BCUT2D eigenvalue weighted by atomic mass is 10.1. The minimum absolute atomic E-state index is 0.0853. The number of aryl methyl sites for hydroxylation is 2. The van der Waals surface area contributed by atoms with Crippen molar-refractivity contribution in [2.45, 2.75) is 33.9 Å². The second-order valence-corrected chi connectivity index (χ2v) is 9.87. The Kier molecular flexibility index (Phi) is 7.35. The number of halogens is 1. The van der Waals surface area contributed by atoms with Crippen LogP contribution in [0.3, 0.4) is 0 Å². The molecule has 1 aliphatic rings. The summed E-state index contributed by atoms with van der Waals surface area (Å²) in [6.45, 7) is 10.1. The summed E-state index contributed by atoms with van der Waals surface area (Å²) < 4.78 is 13.7. The van der Waals surface area contributed by atoms with E-state index in [4.69, 9.17) is 25.9 Å². The fourth-order valence-electron chi connectivity index (χ4n) is 4.71. The first kappa shape index (κ1) is 25.1. The van der Waals surface area contributed by atoms with Crippen molar-refractivity contribution in [1.29, 1.82) is 0 Å². The smallest absolute Gasteiger partial charge is 0.289 e. The fraction of sp³-hybridized carbons (Fsp3) is 0.310. The second-order valence-electron chi connectivity index (χ2n) is 9.43. The van der Waals surface area contributed by atoms with Crippen molar-refractivity contribution < 1.29 is 13.9 Å². The highest BCUT2D eigenvalue weighted by molar-refractivity contribution is 6.30. The number of hydrogen-bond acceptors (Lipinski definition) is 5. The Hall–Kier alpha value is -3.55. The number of carbonyl (C=O) groups is 1. The number of carbonyl (C=O) groups excluding carboxylic acids is 1. The zero-order chi connectivity index (χ0) is 25.9. The van der Waals surface area contributed by atoms with Crippen molar-refractivity contribution in [2.24, 2.45) is 0 Å². The van der Waals surface area contributed by atoms with Gasteiger partial charge in [-0.15, -0.1) is 0 Å². The van der Waals surface area contributed by atoms with Crippen LogP contribution < -0.4 is 4.74 Å². The minimum Gasteiger partial charge on any atom is -0.485 e. The fourth-order valence-corrected chi connectivity index (χ4v) is 4.93. The molecule has 0 aliphatic carbocycles. The molecule has 0 N–H and O–H groups in total. The van der Waals surface area contributed by atoms with Crippen molar-refractivity contribution in [1.82, 2.24) is 19.6 Å². The largest absolute Gasteiger partial charge is 0.485 e. The van der Waals surface area contributed by atoms with E-state index in [0.717, 1.165) is 48.0 Å². The van der Waals surface area contributed by atoms with Crippen molar-refractivity contribution in [2.75, 3.05) is 26.2 Å². The molecule has 0 saturated carbocycles. The molecular weight excluding hydrogens is 488 g/mol. The number of amides is 1. The molecule has 5 rings (SSSR count). The highest BCUT2D eigenvalue weighted by atomic mass is 35.5. The predicted molar refractivity (Wildman–Crippen MR) is 143 cm³/mol. The van der Waals surface area contributed by atoms with Gasteiger partial charge in [-0.2, -0.15) is 5.10 Å². The molecule has 0 unspecified atom stereocenters. The molecule has 1 saturated heterocycles. The molecule has 0 spiro atoms. The third kappa shape index (κ3) is 5.58. The lowest BCUT2D eigenvalue weighted by Crippen LogP contribution is -2.48. The van der Waals surface area contributed by atoms with E-state index in [-0.39, 0.29) is 12.5 Å². The molecule has 7 nitrogen and oxygen atoms in total. The molecule has 0 radical (unpaired) electrons. The monoisotopic (exact) mass is 518 g/mol. The Morgan fingerprint density at radius 2 is 1.76 bits per heavy atom. The number of rotatable bonds is 7. The van der Waals surface area contributed by atoms with Crippen LogP contribution in [0.4, 0.5) is 0 Å². The minimum atomic E-state index is -0.0853. The normalized spacial score (nSPS) is 14.2. The molecule has 0 bridgehead atoms. The molecule has 37 heavy (non-hydrogen) atoms. The Balaban J connectivity index is 1.16. The van der Waals surface area contributed by atoms with E-state index in [1.54, 1.807) is 18.2 Å². The summed E-state index contributed by atoms with van der Waals surface area (Å²) in [4.78, 5) is 17.3. The Morgan fingerprint density at radius 3 is 2.49 bits per heavy atom. The van der Waals surface area contributed by atoms with Crippen molar-refractivity contribution in [3.05, 3.63) is 99.7 Å². The number of hydrogen-bond donors (Lipinski definition) is 0. The van der Waals surface area contributed by atoms with E-state index in [1.165, 1.54) is 5.56 Å². The van der Waals surface area contributed by atoms with Gasteiger partial charge in [-0.25, -0.2) is 4.68 Å². The van der Waals surface area contributed by atoms with Gasteiger partial charge in [0.25, 0.3) is 5.91 Å². The maximum Gasteiger partial charge on any atom is 0.289 e. The Bertz CT molecular complexity index is 1390. The number of ether oxygens (including phenoxy) is 1. The standard InChI is InChI=1S/C29H31ClN4O3/c1-20-17-23(30)9-11-27(20)36-19-25-10-12-28(37-25)29(35)33-15-13-32(14-16-33)18-26-21(2)31-34(22(26)3)24-7-5-4-6-8-24/h4-12,17H,13-16,18-19H2,1-3H3. The van der Waals surface area contributed by atoms with Gasteiger partial charge in [-0.1, -0.05) is 29.8 Å². The first-order valence-electron chi connectivity index (χ1n) is 12.5. The average Bonchev–Trinajstić information content (AvgIpc) is 3.49. The first-order valence-corrected chi connectivity index (χ1v) is 12.9. The molecule has 0 atom stereocenters. The van der Waals surface area contributed by atoms with E-state index in [0.29, 0.717) is 29.6 Å². The van der Waals surface area contributed by atoms with Gasteiger partial charge in [0.15, 0.2) is 5.76 Å². The van der Waals surface area contributed by atoms with E-state index in [9.17, 15) is 4.79 Å². The van der Waals surface area contributed by atoms with Gasteiger partial charge < -0.3 is 14.1 Å². The molecule has 1 amide bonds. The molecule has 3 heterocycles. The van der Waals surface area contributed by atoms with E-state index >= 15 is 0 Å². The summed E-state index contributed by atoms with van der Waals surface area (Å²) in [5.41, 5.74) is 5.46. The number of piperazine rings is 1.